The number of carbonyl (C=O) groups is 3. The summed E-state index contributed by atoms with van der Waals surface area (Å²) in [4.78, 5) is 48.4. The van der Waals surface area contributed by atoms with Crippen LogP contribution in [0, 0.1) is 18.2 Å². The van der Waals surface area contributed by atoms with Crippen molar-refractivity contribution in [3.05, 3.63) is 88.3 Å². The Morgan fingerprint density at radius 2 is 1.91 bits per heavy atom. The number of aliphatic hydroxyl groups is 1. The van der Waals surface area contributed by atoms with Crippen molar-refractivity contribution in [2.24, 2.45) is 0 Å². The minimum absolute atomic E-state index is 0.0233. The normalized spacial score (nSPS) is 18.6. The number of nitrogens with one attached hydrogen (secondary N) is 1. The minimum Gasteiger partial charge on any atom is -0.386 e. The fourth-order valence-corrected chi connectivity index (χ4v) is 5.85. The highest BCUT2D eigenvalue weighted by atomic mass is 35.5. The van der Waals surface area contributed by atoms with Gasteiger partial charge in [-0.3, -0.25) is 24.2 Å². The molecular weight excluding hydrogens is 609 g/mol. The SMILES string of the molecule is C#Cc1ccnc(N2C(=O)CC[C@H]2C(=O)N(c2cc(F)cc(C(C)(C)O)c2)[C@H](C(=O)NC2CC(F)(F)C2)c2ccccc2Cl)c1. The Kier molecular flexibility index (Phi) is 8.66. The molecule has 12 heteroatoms. The van der Waals surface area contributed by atoms with Crippen LogP contribution in [0.4, 0.5) is 24.7 Å². The number of halogens is 4. The third-order valence-electron chi connectivity index (χ3n) is 7.90. The molecule has 1 aliphatic carbocycles. The highest BCUT2D eigenvalue weighted by molar-refractivity contribution is 6.31. The van der Waals surface area contributed by atoms with E-state index in [0.717, 1.165) is 17.0 Å². The summed E-state index contributed by atoms with van der Waals surface area (Å²) < 4.78 is 42.6. The number of terminal acetylenes is 1. The van der Waals surface area contributed by atoms with Gasteiger partial charge in [-0.25, -0.2) is 18.2 Å². The van der Waals surface area contributed by atoms with E-state index in [0.29, 0.717) is 5.56 Å². The van der Waals surface area contributed by atoms with Gasteiger partial charge < -0.3 is 10.4 Å². The number of rotatable bonds is 8. The standard InChI is InChI=1S/C33H30ClF3N4O4/c1-4-19-11-12-38-27(13-19)41-26(9-10-28(41)42)31(44)40(23-15-20(32(2,3)45)14-21(35)16-23)29(24-7-5-6-8-25(24)34)30(43)39-22-17-33(36,37)18-22/h1,5-8,11-16,22,26,29,45H,9-10,17-18H2,2-3H3,(H,39,43)/t26-,29-/m0/s1. The summed E-state index contributed by atoms with van der Waals surface area (Å²) >= 11 is 6.56. The molecule has 1 aromatic heterocycles. The van der Waals surface area contributed by atoms with E-state index < -0.39 is 66.0 Å². The van der Waals surface area contributed by atoms with Crippen LogP contribution in [0.3, 0.4) is 0 Å². The first-order valence-electron chi connectivity index (χ1n) is 14.2. The lowest BCUT2D eigenvalue weighted by molar-refractivity contribution is -0.133. The predicted octanol–water partition coefficient (Wildman–Crippen LogP) is 5.27. The second-order valence-corrected chi connectivity index (χ2v) is 12.1. The van der Waals surface area contributed by atoms with Gasteiger partial charge in [-0.05, 0) is 62.2 Å². The number of anilines is 2. The molecule has 0 bridgehead atoms. The van der Waals surface area contributed by atoms with Gasteiger partial charge in [0.25, 0.3) is 11.8 Å². The van der Waals surface area contributed by atoms with Crippen molar-refractivity contribution in [1.82, 2.24) is 10.3 Å². The maximum absolute atomic E-state index is 15.2. The molecule has 0 spiro atoms. The van der Waals surface area contributed by atoms with E-state index >= 15 is 4.39 Å². The lowest BCUT2D eigenvalue weighted by Crippen LogP contribution is -2.56. The summed E-state index contributed by atoms with van der Waals surface area (Å²) in [7, 11) is 0. The lowest BCUT2D eigenvalue weighted by Gasteiger charge is -2.39. The molecule has 3 amide bonds. The fourth-order valence-electron chi connectivity index (χ4n) is 5.61. The number of amides is 3. The number of hydrogen-bond acceptors (Lipinski definition) is 5. The van der Waals surface area contributed by atoms with Crippen LogP contribution in [-0.4, -0.2) is 45.8 Å². The van der Waals surface area contributed by atoms with Crippen molar-refractivity contribution in [1.29, 1.82) is 0 Å². The molecule has 2 aliphatic rings. The van der Waals surface area contributed by atoms with E-state index in [-0.39, 0.29) is 40.5 Å². The molecule has 2 fully saturated rings. The summed E-state index contributed by atoms with van der Waals surface area (Å²) in [5.74, 6) is -3.25. The number of pyridine rings is 1. The van der Waals surface area contributed by atoms with Crippen molar-refractivity contribution in [2.75, 3.05) is 9.80 Å². The zero-order valence-corrected chi connectivity index (χ0v) is 25.2. The lowest BCUT2D eigenvalue weighted by atomic mass is 9.87. The van der Waals surface area contributed by atoms with Crippen molar-refractivity contribution in [2.45, 2.75) is 69.2 Å². The van der Waals surface area contributed by atoms with E-state index in [1.54, 1.807) is 18.2 Å². The molecular formula is C33H30ClF3N4O4. The fraction of sp³-hybridized carbons (Fsp3) is 0.333. The quantitative estimate of drug-likeness (QED) is 0.328. The number of carbonyl (C=O) groups excluding carboxylic acids is 3. The second kappa shape index (κ2) is 12.2. The highest BCUT2D eigenvalue weighted by Crippen LogP contribution is 2.40. The molecule has 2 aromatic carbocycles. The van der Waals surface area contributed by atoms with E-state index in [4.69, 9.17) is 18.0 Å². The Morgan fingerprint density at radius 1 is 1.20 bits per heavy atom. The van der Waals surface area contributed by atoms with Gasteiger partial charge >= 0.3 is 0 Å². The number of nitrogens with zero attached hydrogens (tertiary/aromatic N) is 3. The molecule has 45 heavy (non-hydrogen) atoms. The summed E-state index contributed by atoms with van der Waals surface area (Å²) in [5, 5.41) is 13.4. The van der Waals surface area contributed by atoms with Crippen molar-refractivity contribution in [3.8, 4) is 12.3 Å². The molecule has 234 valence electrons. The van der Waals surface area contributed by atoms with Crippen LogP contribution in [0.2, 0.25) is 5.02 Å². The Balaban J connectivity index is 1.68. The first kappa shape index (κ1) is 32.0. The average molecular weight is 639 g/mol. The molecule has 0 radical (unpaired) electrons. The Labute approximate surface area is 263 Å². The number of aromatic nitrogens is 1. The van der Waals surface area contributed by atoms with Gasteiger partial charge in [0.2, 0.25) is 11.8 Å². The largest absolute Gasteiger partial charge is 0.386 e. The maximum Gasteiger partial charge on any atom is 0.252 e. The van der Waals surface area contributed by atoms with Crippen LogP contribution in [0.5, 0.6) is 0 Å². The van der Waals surface area contributed by atoms with Crippen molar-refractivity contribution < 1.29 is 32.7 Å². The van der Waals surface area contributed by atoms with Gasteiger partial charge in [0.05, 0.1) is 5.60 Å². The van der Waals surface area contributed by atoms with Crippen LogP contribution in [-0.2, 0) is 20.0 Å². The Morgan fingerprint density at radius 3 is 2.56 bits per heavy atom. The number of alkyl halides is 2. The highest BCUT2D eigenvalue weighted by Gasteiger charge is 2.49. The van der Waals surface area contributed by atoms with E-state index in [1.165, 1.54) is 49.2 Å². The third-order valence-corrected chi connectivity index (χ3v) is 8.25. The van der Waals surface area contributed by atoms with Gasteiger partial charge in [-0.1, -0.05) is 35.7 Å². The molecule has 2 N–H and O–H groups in total. The zero-order valence-electron chi connectivity index (χ0n) is 24.4. The van der Waals surface area contributed by atoms with Gasteiger partial charge in [-0.2, -0.15) is 0 Å². The summed E-state index contributed by atoms with van der Waals surface area (Å²) in [6.45, 7) is 2.85. The summed E-state index contributed by atoms with van der Waals surface area (Å²) in [6.07, 6.45) is 5.74. The topological polar surface area (TPSA) is 103 Å². The summed E-state index contributed by atoms with van der Waals surface area (Å²) in [6, 6.07) is 8.98. The second-order valence-electron chi connectivity index (χ2n) is 11.7. The van der Waals surface area contributed by atoms with Crippen LogP contribution in [0.1, 0.15) is 62.3 Å². The monoisotopic (exact) mass is 638 g/mol. The smallest absolute Gasteiger partial charge is 0.252 e. The van der Waals surface area contributed by atoms with Gasteiger partial charge in [0, 0.05) is 53.3 Å². The van der Waals surface area contributed by atoms with Crippen molar-refractivity contribution >= 4 is 40.8 Å². The van der Waals surface area contributed by atoms with Crippen LogP contribution in [0.25, 0.3) is 0 Å². The Hall–Kier alpha value is -4.40. The van der Waals surface area contributed by atoms with Gasteiger partial charge in [0.1, 0.15) is 23.7 Å². The van der Waals surface area contributed by atoms with Gasteiger partial charge in [-0.15, -0.1) is 6.42 Å². The zero-order chi connectivity index (χ0) is 32.7. The van der Waals surface area contributed by atoms with E-state index in [1.807, 2.05) is 0 Å². The van der Waals surface area contributed by atoms with E-state index in [9.17, 15) is 28.3 Å². The number of benzene rings is 2. The molecule has 2 heterocycles. The van der Waals surface area contributed by atoms with Crippen molar-refractivity contribution in [3.63, 3.8) is 0 Å². The molecule has 2 atom stereocenters. The summed E-state index contributed by atoms with van der Waals surface area (Å²) in [5.41, 5.74) is -1.04. The van der Waals surface area contributed by atoms with Crippen LogP contribution in [0.15, 0.2) is 60.8 Å². The molecule has 0 unspecified atom stereocenters. The van der Waals surface area contributed by atoms with Crippen LogP contribution >= 0.6 is 11.6 Å². The third kappa shape index (κ3) is 6.67. The van der Waals surface area contributed by atoms with Gasteiger partial charge in [0.15, 0.2) is 0 Å². The maximum atomic E-state index is 15.2. The molecule has 1 saturated carbocycles. The van der Waals surface area contributed by atoms with Crippen LogP contribution < -0.4 is 15.1 Å². The first-order chi connectivity index (χ1) is 21.2. The minimum atomic E-state index is -2.94. The molecule has 3 aromatic rings. The first-order valence-corrected chi connectivity index (χ1v) is 14.6. The molecule has 5 rings (SSSR count). The average Bonchev–Trinajstić information content (AvgIpc) is 3.35. The Bertz CT molecular complexity index is 1700. The molecule has 8 nitrogen and oxygen atoms in total. The molecule has 1 aliphatic heterocycles. The number of hydrogen-bond donors (Lipinski definition) is 2. The predicted molar refractivity (Wildman–Crippen MR) is 162 cm³/mol. The molecule has 1 saturated heterocycles. The van der Waals surface area contributed by atoms with E-state index in [2.05, 4.69) is 16.2 Å².